The summed E-state index contributed by atoms with van der Waals surface area (Å²) in [6.07, 6.45) is 3.89. The van der Waals surface area contributed by atoms with E-state index in [4.69, 9.17) is 0 Å². The maximum absolute atomic E-state index is 10.2. The summed E-state index contributed by atoms with van der Waals surface area (Å²) < 4.78 is 14.4. The molecule has 4 nitrogen and oxygen atoms in total. The first-order valence-electron chi connectivity index (χ1n) is 4.66. The van der Waals surface area contributed by atoms with E-state index in [9.17, 15) is 14.4 Å². The van der Waals surface area contributed by atoms with Gasteiger partial charge in [-0.15, -0.1) is 0 Å². The predicted molar refractivity (Wildman–Crippen MR) is 52.6 cm³/mol. The Kier molecular flexibility index (Phi) is 12.2. The normalized spacial score (nSPS) is 13.4. The van der Waals surface area contributed by atoms with Crippen molar-refractivity contribution >= 4 is 45.6 Å². The minimum atomic E-state index is -4.76. The molecule has 0 fully saturated rings. The molecule has 0 aromatic heterocycles. The van der Waals surface area contributed by atoms with E-state index >= 15 is 0 Å². The van der Waals surface area contributed by atoms with Gasteiger partial charge in [0.1, 0.15) is 0 Å². The quantitative estimate of drug-likeness (QED) is 0.490. The van der Waals surface area contributed by atoms with Crippen LogP contribution in [0.5, 0.6) is 0 Å². The summed E-state index contributed by atoms with van der Waals surface area (Å²) in [4.78, 5) is 20.4. The average Bonchev–Trinajstić information content (AvgIpc) is 2.03. The first-order valence-corrected chi connectivity index (χ1v) is 6.12. The number of hydrogen-bond donors (Lipinski definition) is 0. The summed E-state index contributed by atoms with van der Waals surface area (Å²) in [5.41, 5.74) is 0. The third-order valence-electron chi connectivity index (χ3n) is 2.01. The number of unbranched alkanes of at least 4 members (excludes halogenated alkanes) is 1. The van der Waals surface area contributed by atoms with Crippen LogP contribution in [0.15, 0.2) is 0 Å². The number of phosphoric ester groups is 1. The monoisotopic (exact) mass is 248 g/mol. The van der Waals surface area contributed by atoms with Crippen LogP contribution in [-0.2, 0) is 9.09 Å². The van der Waals surface area contributed by atoms with Crippen LogP contribution in [0.1, 0.15) is 39.5 Å². The maximum Gasteiger partial charge on any atom is 2.00 e. The fraction of sp³-hybridized carbons (Fsp3) is 1.00. The van der Waals surface area contributed by atoms with Crippen LogP contribution >= 0.6 is 7.82 Å². The Morgan fingerprint density at radius 1 is 1.36 bits per heavy atom. The molecular weight excluding hydrogens is 231 g/mol. The fourth-order valence-corrected chi connectivity index (χ4v) is 1.49. The topological polar surface area (TPSA) is 72.4 Å². The van der Waals surface area contributed by atoms with Gasteiger partial charge in [0.05, 0.1) is 14.4 Å². The van der Waals surface area contributed by atoms with E-state index in [-0.39, 0.29) is 50.3 Å². The van der Waals surface area contributed by atoms with Crippen molar-refractivity contribution in [2.45, 2.75) is 39.5 Å². The van der Waals surface area contributed by atoms with Gasteiger partial charge in [0.25, 0.3) is 0 Å². The second kappa shape index (κ2) is 9.59. The van der Waals surface area contributed by atoms with Gasteiger partial charge in [0.15, 0.2) is 0 Å². The van der Waals surface area contributed by atoms with Crippen molar-refractivity contribution in [2.75, 3.05) is 6.61 Å². The Labute approximate surface area is 116 Å². The third kappa shape index (κ3) is 11.4. The molecule has 0 saturated carbocycles. The van der Waals surface area contributed by atoms with Gasteiger partial charge in [-0.25, -0.2) is 0 Å². The molecule has 0 aliphatic heterocycles. The molecule has 0 bridgehead atoms. The molecule has 0 N–H and O–H groups in total. The van der Waals surface area contributed by atoms with E-state index in [2.05, 4.69) is 11.4 Å². The minimum Gasteiger partial charge on any atom is -0.790 e. The second-order valence-corrected chi connectivity index (χ2v) is 4.31. The molecule has 1 atom stereocenters. The van der Waals surface area contributed by atoms with Crippen LogP contribution in [0.4, 0.5) is 0 Å². The van der Waals surface area contributed by atoms with Crippen LogP contribution in [0.25, 0.3) is 0 Å². The maximum atomic E-state index is 10.2. The van der Waals surface area contributed by atoms with Crippen molar-refractivity contribution in [3.8, 4) is 0 Å². The predicted octanol–water partition coefficient (Wildman–Crippen LogP) is 0.667. The summed E-state index contributed by atoms with van der Waals surface area (Å²) in [6.45, 7) is 4.07. The van der Waals surface area contributed by atoms with Crippen molar-refractivity contribution in [1.29, 1.82) is 0 Å². The van der Waals surface area contributed by atoms with Gasteiger partial charge >= 0.3 is 37.7 Å². The van der Waals surface area contributed by atoms with Crippen LogP contribution < -0.4 is 9.79 Å². The molecule has 80 valence electrons. The number of phosphoric acid groups is 1. The zero-order valence-electron chi connectivity index (χ0n) is 8.90. The van der Waals surface area contributed by atoms with Crippen LogP contribution in [0.3, 0.4) is 0 Å². The summed E-state index contributed by atoms with van der Waals surface area (Å²) in [6, 6.07) is 0. The van der Waals surface area contributed by atoms with Gasteiger partial charge in [0, 0.05) is 0 Å². The summed E-state index contributed by atoms with van der Waals surface area (Å²) in [7, 11) is -4.76. The molecule has 14 heavy (non-hydrogen) atoms. The van der Waals surface area contributed by atoms with Crippen LogP contribution in [0, 0.1) is 5.92 Å². The number of rotatable bonds is 7. The van der Waals surface area contributed by atoms with Crippen molar-refractivity contribution in [3.63, 3.8) is 0 Å². The second-order valence-electron chi connectivity index (χ2n) is 3.16. The molecule has 0 radical (unpaired) electrons. The molecule has 1 unspecified atom stereocenters. The Bertz CT molecular complexity index is 171. The van der Waals surface area contributed by atoms with Gasteiger partial charge in [-0.3, -0.25) is 0 Å². The average molecular weight is 248 g/mol. The molecule has 0 rings (SSSR count). The first kappa shape index (κ1) is 17.8. The molecule has 0 aliphatic rings. The molecule has 0 spiro atoms. The van der Waals surface area contributed by atoms with Gasteiger partial charge < -0.3 is 18.9 Å². The Balaban J connectivity index is 0. The van der Waals surface area contributed by atoms with Gasteiger partial charge in [-0.05, 0) is 12.3 Å². The zero-order valence-corrected chi connectivity index (χ0v) is 12.0. The Morgan fingerprint density at radius 3 is 2.29 bits per heavy atom. The van der Waals surface area contributed by atoms with E-state index in [1.165, 1.54) is 0 Å². The minimum absolute atomic E-state index is 0. The molecule has 0 aliphatic carbocycles. The van der Waals surface area contributed by atoms with Crippen molar-refractivity contribution in [1.82, 2.24) is 0 Å². The van der Waals surface area contributed by atoms with E-state index in [1.807, 2.05) is 6.92 Å². The molecule has 0 amide bonds. The Hall–Kier alpha value is 1.37. The summed E-state index contributed by atoms with van der Waals surface area (Å²) >= 11 is 0. The Morgan fingerprint density at radius 2 is 1.93 bits per heavy atom. The van der Waals surface area contributed by atoms with Crippen molar-refractivity contribution in [3.05, 3.63) is 0 Å². The summed E-state index contributed by atoms with van der Waals surface area (Å²) in [5.74, 6) is 0.191. The van der Waals surface area contributed by atoms with E-state index in [1.54, 1.807) is 0 Å². The van der Waals surface area contributed by atoms with Crippen molar-refractivity contribution < 1.29 is 18.9 Å². The van der Waals surface area contributed by atoms with Crippen molar-refractivity contribution in [2.24, 2.45) is 5.92 Å². The fourth-order valence-electron chi connectivity index (χ4n) is 1.09. The molecule has 6 heteroatoms. The summed E-state index contributed by atoms with van der Waals surface area (Å²) in [5, 5.41) is 0. The van der Waals surface area contributed by atoms with E-state index < -0.39 is 7.82 Å². The molecule has 0 aromatic rings. The molecule has 0 saturated heterocycles. The largest absolute Gasteiger partial charge is 2.00 e. The van der Waals surface area contributed by atoms with Crippen LogP contribution in [-0.4, -0.2) is 44.3 Å². The van der Waals surface area contributed by atoms with Gasteiger partial charge in [0.2, 0.25) is 0 Å². The zero-order chi connectivity index (χ0) is 10.3. The van der Waals surface area contributed by atoms with Crippen LogP contribution in [0.2, 0.25) is 0 Å². The van der Waals surface area contributed by atoms with E-state index in [0.717, 1.165) is 25.7 Å². The van der Waals surface area contributed by atoms with Gasteiger partial charge in [-0.2, -0.15) is 0 Å². The van der Waals surface area contributed by atoms with Gasteiger partial charge in [-0.1, -0.05) is 33.1 Å². The first-order chi connectivity index (χ1) is 5.99. The SMILES string of the molecule is CCCCC(CC)COP(=O)([O-])[O-].[Ca+2]. The third-order valence-corrected chi connectivity index (χ3v) is 2.48. The molecule has 0 aromatic carbocycles. The van der Waals surface area contributed by atoms with E-state index in [0.29, 0.717) is 0 Å². The number of hydrogen-bond acceptors (Lipinski definition) is 4. The standard InChI is InChI=1S/C8H19O4P.Ca/c1-3-5-6-8(4-2)7-12-13(9,10)11;/h8H,3-7H2,1-2H3,(H2,9,10,11);/q;+2/p-2. The smallest absolute Gasteiger partial charge is 0.790 e. The molecular formula is C8H17CaO4P. The molecule has 0 heterocycles.